The van der Waals surface area contributed by atoms with E-state index in [1.807, 2.05) is 20.8 Å². The number of carbonyl (C=O) groups excluding carboxylic acids is 1. The fourth-order valence-corrected chi connectivity index (χ4v) is 2.27. The van der Waals surface area contributed by atoms with Crippen LogP contribution in [-0.4, -0.2) is 64.8 Å². The van der Waals surface area contributed by atoms with Crippen LogP contribution in [0.4, 0.5) is 0 Å². The van der Waals surface area contributed by atoms with E-state index in [-0.39, 0.29) is 17.4 Å². The number of hydrogen-bond donors (Lipinski definition) is 1. The van der Waals surface area contributed by atoms with E-state index in [4.69, 9.17) is 4.52 Å². The van der Waals surface area contributed by atoms with Crippen LogP contribution in [-0.2, 0) is 0 Å². The Morgan fingerprint density at radius 3 is 2.48 bits per heavy atom. The van der Waals surface area contributed by atoms with Crippen molar-refractivity contribution in [2.45, 2.75) is 33.8 Å². The molecule has 1 fully saturated rings. The Bertz CT molecular complexity index is 485. The molecule has 1 aliphatic heterocycles. The molecule has 1 atom stereocenters. The Balaban J connectivity index is 1.84. The highest BCUT2D eigenvalue weighted by molar-refractivity contribution is 5.91. The molecule has 1 aromatic rings. The Kier molecular flexibility index (Phi) is 4.68. The number of aromatic nitrogens is 1. The maximum Gasteiger partial charge on any atom is 0.292 e. The van der Waals surface area contributed by atoms with Crippen molar-refractivity contribution in [2.75, 3.05) is 32.7 Å². The lowest BCUT2D eigenvalue weighted by atomic mass is 9.89. The number of piperazine rings is 1. The third kappa shape index (κ3) is 4.04. The number of aliphatic hydroxyl groups excluding tert-OH is 1. The highest BCUT2D eigenvalue weighted by Crippen LogP contribution is 2.20. The zero-order chi connectivity index (χ0) is 15.6. The van der Waals surface area contributed by atoms with E-state index in [2.05, 4.69) is 10.1 Å². The predicted molar refractivity (Wildman–Crippen MR) is 79.0 cm³/mol. The van der Waals surface area contributed by atoms with Crippen LogP contribution in [0, 0.1) is 12.3 Å². The van der Waals surface area contributed by atoms with Crippen molar-refractivity contribution in [3.63, 3.8) is 0 Å². The molecule has 1 amide bonds. The van der Waals surface area contributed by atoms with Crippen molar-refractivity contribution < 1.29 is 14.4 Å². The first kappa shape index (κ1) is 16.0. The summed E-state index contributed by atoms with van der Waals surface area (Å²) in [4.78, 5) is 16.2. The van der Waals surface area contributed by atoms with Gasteiger partial charge in [-0.15, -0.1) is 0 Å². The van der Waals surface area contributed by atoms with Crippen molar-refractivity contribution >= 4 is 5.91 Å². The van der Waals surface area contributed by atoms with Gasteiger partial charge < -0.3 is 14.5 Å². The molecule has 21 heavy (non-hydrogen) atoms. The van der Waals surface area contributed by atoms with E-state index in [1.54, 1.807) is 17.9 Å². The second kappa shape index (κ2) is 6.15. The monoisotopic (exact) mass is 295 g/mol. The quantitative estimate of drug-likeness (QED) is 0.906. The van der Waals surface area contributed by atoms with Crippen LogP contribution >= 0.6 is 0 Å². The van der Waals surface area contributed by atoms with Gasteiger partial charge in [0.15, 0.2) is 0 Å². The van der Waals surface area contributed by atoms with E-state index in [0.29, 0.717) is 31.1 Å². The Morgan fingerprint density at radius 1 is 1.38 bits per heavy atom. The minimum atomic E-state index is -0.364. The summed E-state index contributed by atoms with van der Waals surface area (Å²) in [6.45, 7) is 11.4. The maximum atomic E-state index is 12.2. The van der Waals surface area contributed by atoms with Crippen LogP contribution in [0.3, 0.4) is 0 Å². The Morgan fingerprint density at radius 2 is 2.00 bits per heavy atom. The van der Waals surface area contributed by atoms with Gasteiger partial charge >= 0.3 is 0 Å². The number of carbonyl (C=O) groups is 1. The number of aryl methyl sites for hydroxylation is 1. The molecule has 2 heterocycles. The number of hydrogen-bond acceptors (Lipinski definition) is 5. The van der Waals surface area contributed by atoms with Crippen LogP contribution in [0.1, 0.15) is 37.0 Å². The van der Waals surface area contributed by atoms with Gasteiger partial charge in [0.05, 0.1) is 11.8 Å². The highest BCUT2D eigenvalue weighted by atomic mass is 16.5. The van der Waals surface area contributed by atoms with Crippen molar-refractivity contribution in [1.82, 2.24) is 15.0 Å². The lowest BCUT2D eigenvalue weighted by Gasteiger charge is -2.37. The average Bonchev–Trinajstić information content (AvgIpc) is 2.84. The first-order chi connectivity index (χ1) is 9.77. The lowest BCUT2D eigenvalue weighted by Crippen LogP contribution is -2.51. The molecule has 0 bridgehead atoms. The molecule has 0 spiro atoms. The molecule has 0 saturated carbocycles. The molecule has 1 aliphatic rings. The molecular weight excluding hydrogens is 270 g/mol. The minimum Gasteiger partial charge on any atom is -0.391 e. The van der Waals surface area contributed by atoms with Gasteiger partial charge in [-0.2, -0.15) is 0 Å². The van der Waals surface area contributed by atoms with E-state index >= 15 is 0 Å². The number of nitrogens with zero attached hydrogens (tertiary/aromatic N) is 3. The summed E-state index contributed by atoms with van der Waals surface area (Å²) in [5.74, 6) is 0.197. The molecule has 0 radical (unpaired) electrons. The summed E-state index contributed by atoms with van der Waals surface area (Å²) < 4.78 is 5.02. The molecule has 1 saturated heterocycles. The summed E-state index contributed by atoms with van der Waals surface area (Å²) in [7, 11) is 0. The Hall–Kier alpha value is -1.40. The molecule has 2 rings (SSSR count). The number of β-amino-alcohol motifs (C(OH)–C–C–N with tert-alkyl or cyclic N) is 1. The van der Waals surface area contributed by atoms with Crippen LogP contribution < -0.4 is 0 Å². The zero-order valence-corrected chi connectivity index (χ0v) is 13.3. The summed E-state index contributed by atoms with van der Waals surface area (Å²) in [5, 5.41) is 13.9. The van der Waals surface area contributed by atoms with Gasteiger partial charge in [-0.05, 0) is 12.3 Å². The third-order valence-electron chi connectivity index (χ3n) is 3.93. The topological polar surface area (TPSA) is 69.8 Å². The smallest absolute Gasteiger partial charge is 0.292 e. The molecule has 1 aromatic heterocycles. The highest BCUT2D eigenvalue weighted by Gasteiger charge is 2.28. The van der Waals surface area contributed by atoms with E-state index in [0.717, 1.165) is 13.1 Å². The molecule has 6 heteroatoms. The average molecular weight is 295 g/mol. The van der Waals surface area contributed by atoms with Gasteiger partial charge in [-0.25, -0.2) is 0 Å². The normalized spacial score (nSPS) is 18.8. The Labute approximate surface area is 125 Å². The summed E-state index contributed by atoms with van der Waals surface area (Å²) >= 11 is 0. The van der Waals surface area contributed by atoms with Gasteiger partial charge in [0.2, 0.25) is 5.76 Å². The molecule has 0 unspecified atom stereocenters. The number of amides is 1. The molecule has 118 valence electrons. The fourth-order valence-electron chi connectivity index (χ4n) is 2.27. The fraction of sp³-hybridized carbons (Fsp3) is 0.733. The maximum absolute atomic E-state index is 12.2. The first-order valence-corrected chi connectivity index (χ1v) is 7.40. The lowest BCUT2D eigenvalue weighted by molar-refractivity contribution is 0.0130. The van der Waals surface area contributed by atoms with Crippen molar-refractivity contribution in [3.8, 4) is 0 Å². The standard InChI is InChI=1S/C15H25N3O3/c1-11-9-12(21-16-11)14(20)18-7-5-17(6-8-18)10-13(19)15(2,3)4/h9,13,19H,5-8,10H2,1-4H3/t13-/m1/s1. The van der Waals surface area contributed by atoms with E-state index in [9.17, 15) is 9.90 Å². The van der Waals surface area contributed by atoms with Gasteiger partial charge in [0.25, 0.3) is 5.91 Å². The largest absolute Gasteiger partial charge is 0.391 e. The van der Waals surface area contributed by atoms with E-state index in [1.165, 1.54) is 0 Å². The summed E-state index contributed by atoms with van der Waals surface area (Å²) in [6, 6.07) is 1.66. The van der Waals surface area contributed by atoms with Crippen LogP contribution in [0.15, 0.2) is 10.6 Å². The SMILES string of the molecule is Cc1cc(C(=O)N2CCN(C[C@@H](O)C(C)(C)C)CC2)on1. The van der Waals surface area contributed by atoms with Gasteiger partial charge in [0, 0.05) is 38.8 Å². The molecule has 1 N–H and O–H groups in total. The third-order valence-corrected chi connectivity index (χ3v) is 3.93. The van der Waals surface area contributed by atoms with Crippen LogP contribution in [0.2, 0.25) is 0 Å². The van der Waals surface area contributed by atoms with Crippen molar-refractivity contribution in [2.24, 2.45) is 5.41 Å². The van der Waals surface area contributed by atoms with Crippen molar-refractivity contribution in [1.29, 1.82) is 0 Å². The summed E-state index contributed by atoms with van der Waals surface area (Å²) in [6.07, 6.45) is -0.364. The molecule has 0 aliphatic carbocycles. The number of aliphatic hydroxyl groups is 1. The van der Waals surface area contributed by atoms with Gasteiger partial charge in [-0.1, -0.05) is 25.9 Å². The zero-order valence-electron chi connectivity index (χ0n) is 13.3. The van der Waals surface area contributed by atoms with Gasteiger partial charge in [0.1, 0.15) is 0 Å². The predicted octanol–water partition coefficient (Wildman–Crippen LogP) is 1.15. The van der Waals surface area contributed by atoms with Crippen LogP contribution in [0.5, 0.6) is 0 Å². The minimum absolute atomic E-state index is 0.105. The number of rotatable bonds is 3. The van der Waals surface area contributed by atoms with Crippen molar-refractivity contribution in [3.05, 3.63) is 17.5 Å². The van der Waals surface area contributed by atoms with Gasteiger partial charge in [-0.3, -0.25) is 9.69 Å². The summed E-state index contributed by atoms with van der Waals surface area (Å²) in [5.41, 5.74) is 0.593. The van der Waals surface area contributed by atoms with E-state index < -0.39 is 0 Å². The molecule has 0 aromatic carbocycles. The second-order valence-corrected chi connectivity index (χ2v) is 6.81. The molecule has 6 nitrogen and oxygen atoms in total. The first-order valence-electron chi connectivity index (χ1n) is 7.40. The van der Waals surface area contributed by atoms with Crippen LogP contribution in [0.25, 0.3) is 0 Å². The molecular formula is C15H25N3O3. The second-order valence-electron chi connectivity index (χ2n) is 6.81.